The van der Waals surface area contributed by atoms with Gasteiger partial charge < -0.3 is 0 Å². The Morgan fingerprint density at radius 3 is 2.44 bits per heavy atom. The van der Waals surface area contributed by atoms with Gasteiger partial charge >= 0.3 is 0 Å². The maximum Gasteiger partial charge on any atom is 0.0574 e. The van der Waals surface area contributed by atoms with Crippen LogP contribution in [0.1, 0.15) is 5.56 Å². The third-order valence-corrected chi connectivity index (χ3v) is 3.82. The second kappa shape index (κ2) is 5.28. The number of halogens is 1. The van der Waals surface area contributed by atoms with E-state index < -0.39 is 10.8 Å². The summed E-state index contributed by atoms with van der Waals surface area (Å²) in [6.07, 6.45) is 0. The Bertz CT molecular complexity index is 496. The van der Waals surface area contributed by atoms with Gasteiger partial charge in [-0.1, -0.05) is 41.9 Å². The fourth-order valence-corrected chi connectivity index (χ4v) is 2.76. The van der Waals surface area contributed by atoms with Crippen molar-refractivity contribution in [1.82, 2.24) is 0 Å². The molecule has 0 aliphatic rings. The lowest BCUT2D eigenvalue weighted by molar-refractivity contribution is 0.682. The van der Waals surface area contributed by atoms with Crippen LogP contribution in [-0.4, -0.2) is 4.21 Å². The van der Waals surface area contributed by atoms with Crippen molar-refractivity contribution in [3.63, 3.8) is 0 Å². The summed E-state index contributed by atoms with van der Waals surface area (Å²) in [6, 6.07) is 16.9. The van der Waals surface area contributed by atoms with E-state index in [-0.39, 0.29) is 0 Å². The zero-order chi connectivity index (χ0) is 11.4. The van der Waals surface area contributed by atoms with Gasteiger partial charge in [0.15, 0.2) is 0 Å². The molecule has 2 aromatic carbocycles. The Morgan fingerprint density at radius 1 is 1.00 bits per heavy atom. The van der Waals surface area contributed by atoms with E-state index in [1.165, 1.54) is 0 Å². The first-order chi connectivity index (χ1) is 7.75. The molecule has 2 aromatic rings. The second-order valence-electron chi connectivity index (χ2n) is 3.43. The van der Waals surface area contributed by atoms with Crippen molar-refractivity contribution in [2.45, 2.75) is 10.6 Å². The maximum absolute atomic E-state index is 12.0. The highest BCUT2D eigenvalue weighted by Crippen LogP contribution is 2.15. The summed E-state index contributed by atoms with van der Waals surface area (Å²) in [6.45, 7) is 0. The summed E-state index contributed by atoms with van der Waals surface area (Å²) in [5, 5.41) is 0.683. The summed E-state index contributed by atoms with van der Waals surface area (Å²) in [5.74, 6) is 0.505. The zero-order valence-corrected chi connectivity index (χ0v) is 10.2. The minimum absolute atomic E-state index is 0.505. The minimum atomic E-state index is -1.00. The molecule has 2 rings (SSSR count). The molecule has 0 amide bonds. The lowest BCUT2D eigenvalue weighted by atomic mass is 10.2. The summed E-state index contributed by atoms with van der Waals surface area (Å²) < 4.78 is 12.0. The van der Waals surface area contributed by atoms with E-state index in [2.05, 4.69) is 0 Å². The molecule has 0 fully saturated rings. The molecule has 0 N–H and O–H groups in total. The molecular weight excluding hydrogens is 240 g/mol. The molecule has 1 atom stereocenters. The van der Waals surface area contributed by atoms with Crippen molar-refractivity contribution in [2.75, 3.05) is 0 Å². The highest BCUT2D eigenvalue weighted by molar-refractivity contribution is 7.84. The van der Waals surface area contributed by atoms with Crippen LogP contribution in [0, 0.1) is 0 Å². The van der Waals surface area contributed by atoms with Crippen LogP contribution in [0.4, 0.5) is 0 Å². The van der Waals surface area contributed by atoms with Gasteiger partial charge in [0.25, 0.3) is 0 Å². The third kappa shape index (κ3) is 2.94. The molecule has 0 saturated carbocycles. The van der Waals surface area contributed by atoms with Gasteiger partial charge in [-0.3, -0.25) is 4.21 Å². The van der Waals surface area contributed by atoms with E-state index in [0.717, 1.165) is 10.5 Å². The molecule has 0 spiro atoms. The van der Waals surface area contributed by atoms with Gasteiger partial charge in [-0.2, -0.15) is 0 Å². The van der Waals surface area contributed by atoms with Crippen LogP contribution < -0.4 is 0 Å². The van der Waals surface area contributed by atoms with Gasteiger partial charge in [-0.25, -0.2) is 0 Å². The van der Waals surface area contributed by atoms with Gasteiger partial charge in [0.05, 0.1) is 16.6 Å². The molecule has 0 aliphatic carbocycles. The Morgan fingerprint density at radius 2 is 1.75 bits per heavy atom. The molecule has 0 aliphatic heterocycles. The molecule has 1 unspecified atom stereocenters. The summed E-state index contributed by atoms with van der Waals surface area (Å²) in [7, 11) is -1.00. The quantitative estimate of drug-likeness (QED) is 0.813. The van der Waals surface area contributed by atoms with Crippen LogP contribution in [0.2, 0.25) is 5.02 Å². The molecule has 0 heterocycles. The highest BCUT2D eigenvalue weighted by atomic mass is 35.5. The van der Waals surface area contributed by atoms with Crippen molar-refractivity contribution in [3.05, 3.63) is 65.2 Å². The first-order valence-corrected chi connectivity index (χ1v) is 6.63. The number of hydrogen-bond acceptors (Lipinski definition) is 1. The van der Waals surface area contributed by atoms with Crippen molar-refractivity contribution in [2.24, 2.45) is 0 Å². The molecule has 16 heavy (non-hydrogen) atoms. The van der Waals surface area contributed by atoms with Crippen LogP contribution >= 0.6 is 11.6 Å². The van der Waals surface area contributed by atoms with Crippen LogP contribution in [0.5, 0.6) is 0 Å². The monoisotopic (exact) mass is 250 g/mol. The highest BCUT2D eigenvalue weighted by Gasteiger charge is 2.04. The largest absolute Gasteiger partial charge is 0.254 e. The van der Waals surface area contributed by atoms with Gasteiger partial charge in [0, 0.05) is 9.92 Å². The van der Waals surface area contributed by atoms with Crippen molar-refractivity contribution < 1.29 is 4.21 Å². The lowest BCUT2D eigenvalue weighted by Gasteiger charge is -2.02. The van der Waals surface area contributed by atoms with E-state index in [9.17, 15) is 4.21 Å². The van der Waals surface area contributed by atoms with Crippen LogP contribution in [-0.2, 0) is 16.6 Å². The van der Waals surface area contributed by atoms with E-state index in [1.54, 1.807) is 0 Å². The Hall–Kier alpha value is -1.12. The van der Waals surface area contributed by atoms with E-state index >= 15 is 0 Å². The number of benzene rings is 2. The summed E-state index contributed by atoms with van der Waals surface area (Å²) in [5.41, 5.74) is 0.995. The van der Waals surface area contributed by atoms with Crippen LogP contribution in [0.3, 0.4) is 0 Å². The zero-order valence-electron chi connectivity index (χ0n) is 8.60. The second-order valence-corrected chi connectivity index (χ2v) is 5.32. The topological polar surface area (TPSA) is 17.1 Å². The molecular formula is C13H11ClOS. The van der Waals surface area contributed by atoms with Crippen LogP contribution in [0.15, 0.2) is 59.5 Å². The predicted molar refractivity (Wildman–Crippen MR) is 68.0 cm³/mol. The average molecular weight is 251 g/mol. The average Bonchev–Trinajstić information content (AvgIpc) is 2.30. The molecule has 1 nitrogen and oxygen atoms in total. The normalized spacial score (nSPS) is 12.3. The Balaban J connectivity index is 2.14. The minimum Gasteiger partial charge on any atom is -0.254 e. The van der Waals surface area contributed by atoms with Gasteiger partial charge in [-0.15, -0.1) is 0 Å². The van der Waals surface area contributed by atoms with Crippen LogP contribution in [0.25, 0.3) is 0 Å². The Kier molecular flexibility index (Phi) is 3.75. The molecule has 0 bridgehead atoms. The summed E-state index contributed by atoms with van der Waals surface area (Å²) in [4.78, 5) is 0.850. The molecule has 3 heteroatoms. The van der Waals surface area contributed by atoms with E-state index in [1.807, 2.05) is 54.6 Å². The third-order valence-electron chi connectivity index (χ3n) is 2.19. The fourth-order valence-electron chi connectivity index (χ4n) is 1.43. The summed E-state index contributed by atoms with van der Waals surface area (Å²) >= 11 is 5.88. The van der Waals surface area contributed by atoms with Crippen molar-refractivity contribution in [3.8, 4) is 0 Å². The molecule has 0 radical (unpaired) electrons. The van der Waals surface area contributed by atoms with E-state index in [4.69, 9.17) is 11.6 Å². The van der Waals surface area contributed by atoms with Gasteiger partial charge in [0.1, 0.15) is 0 Å². The first-order valence-electron chi connectivity index (χ1n) is 4.93. The predicted octanol–water partition coefficient (Wildman–Crippen LogP) is 3.65. The Labute approximate surface area is 103 Å². The standard InChI is InChI=1S/C13H11ClOS/c14-12-6-4-5-11(9-12)10-16(15)13-7-2-1-3-8-13/h1-9H,10H2. The smallest absolute Gasteiger partial charge is 0.0574 e. The maximum atomic E-state index is 12.0. The number of rotatable bonds is 3. The first kappa shape index (κ1) is 11.4. The molecule has 82 valence electrons. The lowest BCUT2D eigenvalue weighted by Crippen LogP contribution is -1.95. The molecule has 0 saturated heterocycles. The van der Waals surface area contributed by atoms with Crippen molar-refractivity contribution >= 4 is 22.4 Å². The van der Waals surface area contributed by atoms with Gasteiger partial charge in [0.2, 0.25) is 0 Å². The number of hydrogen-bond donors (Lipinski definition) is 0. The SMILES string of the molecule is O=S(Cc1cccc(Cl)c1)c1ccccc1. The van der Waals surface area contributed by atoms with Gasteiger partial charge in [-0.05, 0) is 29.8 Å². The fraction of sp³-hybridized carbons (Fsp3) is 0.0769. The molecule has 0 aromatic heterocycles. The van der Waals surface area contributed by atoms with Crippen molar-refractivity contribution in [1.29, 1.82) is 0 Å². The van der Waals surface area contributed by atoms with E-state index in [0.29, 0.717) is 10.8 Å².